The maximum Gasteiger partial charge on any atom is 0.301 e. The molecule has 3 aromatic carbocycles. The number of benzene rings is 3. The van der Waals surface area contributed by atoms with Crippen LogP contribution >= 0.6 is 23.1 Å². The monoisotopic (exact) mass is 608 g/mol. The number of aliphatic hydroxyl groups excluding tert-OH is 1. The van der Waals surface area contributed by atoms with E-state index in [9.17, 15) is 14.7 Å². The molecule has 43 heavy (non-hydrogen) atoms. The minimum Gasteiger partial charge on any atom is -0.507 e. The maximum atomic E-state index is 13.5. The number of ether oxygens (including phenoxy) is 1. The molecule has 8 nitrogen and oxygen atoms in total. The van der Waals surface area contributed by atoms with Gasteiger partial charge in [-0.1, -0.05) is 91.0 Å². The van der Waals surface area contributed by atoms with Gasteiger partial charge in [-0.25, -0.2) is 0 Å². The number of Topliss-reactive ketones (excluding diaryl/α,β-unsaturated/α-hetero) is 1. The van der Waals surface area contributed by atoms with E-state index >= 15 is 0 Å². The SMILES string of the molecule is CCCCOc1ccc(C2/C(=C(\O)c3ccncc3)C(=O)C(=O)N2c2nnc(SCc3cccc4ccccc34)s2)cc1. The predicted octanol–water partition coefficient (Wildman–Crippen LogP) is 7.18. The molecule has 1 amide bonds. The molecule has 0 radical (unpaired) electrons. The minimum absolute atomic E-state index is 0.0176. The molecule has 0 aliphatic carbocycles. The summed E-state index contributed by atoms with van der Waals surface area (Å²) >= 11 is 2.76. The Balaban J connectivity index is 1.33. The summed E-state index contributed by atoms with van der Waals surface area (Å²) in [4.78, 5) is 32.3. The first kappa shape index (κ1) is 28.6. The summed E-state index contributed by atoms with van der Waals surface area (Å²) in [6.07, 6.45) is 5.00. The van der Waals surface area contributed by atoms with Crippen LogP contribution in [0.15, 0.2) is 101 Å². The quantitative estimate of drug-likeness (QED) is 0.0444. The van der Waals surface area contributed by atoms with Gasteiger partial charge in [0.15, 0.2) is 4.34 Å². The first-order chi connectivity index (χ1) is 21.0. The number of fused-ring (bicyclic) bond motifs is 1. The lowest BCUT2D eigenvalue weighted by molar-refractivity contribution is -0.132. The molecule has 3 heterocycles. The van der Waals surface area contributed by atoms with Crippen LogP contribution in [-0.2, 0) is 15.3 Å². The van der Waals surface area contributed by atoms with Gasteiger partial charge < -0.3 is 9.84 Å². The van der Waals surface area contributed by atoms with Gasteiger partial charge >= 0.3 is 5.91 Å². The van der Waals surface area contributed by atoms with Gasteiger partial charge in [-0.3, -0.25) is 19.5 Å². The van der Waals surface area contributed by atoms with Crippen LogP contribution in [0.1, 0.15) is 42.5 Å². The summed E-state index contributed by atoms with van der Waals surface area (Å²) in [7, 11) is 0. The van der Waals surface area contributed by atoms with E-state index in [-0.39, 0.29) is 16.5 Å². The van der Waals surface area contributed by atoms with Gasteiger partial charge in [0.1, 0.15) is 11.5 Å². The highest BCUT2D eigenvalue weighted by atomic mass is 32.2. The van der Waals surface area contributed by atoms with E-state index in [0.717, 1.165) is 18.2 Å². The van der Waals surface area contributed by atoms with Gasteiger partial charge in [0.05, 0.1) is 18.2 Å². The summed E-state index contributed by atoms with van der Waals surface area (Å²) < 4.78 is 6.48. The summed E-state index contributed by atoms with van der Waals surface area (Å²) in [6.45, 7) is 2.69. The topological polar surface area (TPSA) is 106 Å². The molecule has 0 saturated carbocycles. The smallest absolute Gasteiger partial charge is 0.301 e. The molecule has 1 aliphatic heterocycles. The van der Waals surface area contributed by atoms with Crippen LogP contribution in [0.3, 0.4) is 0 Å². The van der Waals surface area contributed by atoms with E-state index in [4.69, 9.17) is 4.74 Å². The number of anilines is 1. The van der Waals surface area contributed by atoms with Crippen LogP contribution in [0.5, 0.6) is 5.75 Å². The van der Waals surface area contributed by atoms with E-state index in [2.05, 4.69) is 46.4 Å². The number of hydrogen-bond donors (Lipinski definition) is 1. The molecule has 0 spiro atoms. The molecule has 10 heteroatoms. The van der Waals surface area contributed by atoms with Gasteiger partial charge in [0.2, 0.25) is 5.13 Å². The van der Waals surface area contributed by atoms with Crippen molar-refractivity contribution in [3.05, 3.63) is 114 Å². The molecular formula is C33H28N4O4S2. The van der Waals surface area contributed by atoms with Crippen molar-refractivity contribution in [1.29, 1.82) is 0 Å². The zero-order valence-corrected chi connectivity index (χ0v) is 25.0. The van der Waals surface area contributed by atoms with Gasteiger partial charge in [-0.05, 0) is 52.6 Å². The van der Waals surface area contributed by atoms with Crippen molar-refractivity contribution in [3.63, 3.8) is 0 Å². The van der Waals surface area contributed by atoms with Crippen LogP contribution in [0.4, 0.5) is 5.13 Å². The fourth-order valence-electron chi connectivity index (χ4n) is 5.01. The number of hydrogen-bond acceptors (Lipinski definition) is 9. The molecule has 2 aromatic heterocycles. The van der Waals surface area contributed by atoms with Gasteiger partial charge in [0.25, 0.3) is 5.78 Å². The van der Waals surface area contributed by atoms with E-state index < -0.39 is 17.7 Å². The number of aliphatic hydroxyl groups is 1. The lowest BCUT2D eigenvalue weighted by atomic mass is 9.95. The fourth-order valence-corrected chi connectivity index (χ4v) is 6.88. The summed E-state index contributed by atoms with van der Waals surface area (Å²) in [5.41, 5.74) is 2.17. The van der Waals surface area contributed by atoms with E-state index in [1.807, 2.05) is 42.5 Å². The van der Waals surface area contributed by atoms with Crippen LogP contribution < -0.4 is 9.64 Å². The molecule has 1 N–H and O–H groups in total. The van der Waals surface area contributed by atoms with Crippen molar-refractivity contribution < 1.29 is 19.4 Å². The van der Waals surface area contributed by atoms with Crippen molar-refractivity contribution in [2.75, 3.05) is 11.5 Å². The first-order valence-electron chi connectivity index (χ1n) is 13.9. The third-order valence-corrected chi connectivity index (χ3v) is 9.30. The van der Waals surface area contributed by atoms with Crippen molar-refractivity contribution in [3.8, 4) is 5.75 Å². The Hall–Kier alpha value is -4.54. The highest BCUT2D eigenvalue weighted by molar-refractivity contribution is 8.00. The number of unbranched alkanes of at least 4 members (excludes halogenated alkanes) is 1. The zero-order valence-electron chi connectivity index (χ0n) is 23.3. The predicted molar refractivity (Wildman–Crippen MR) is 169 cm³/mol. The highest BCUT2D eigenvalue weighted by Gasteiger charge is 2.48. The first-order valence-corrected chi connectivity index (χ1v) is 15.7. The Morgan fingerprint density at radius 1 is 0.977 bits per heavy atom. The largest absolute Gasteiger partial charge is 0.507 e. The van der Waals surface area contributed by atoms with Crippen molar-refractivity contribution in [2.24, 2.45) is 0 Å². The minimum atomic E-state index is -0.901. The molecule has 1 fully saturated rings. The Bertz CT molecular complexity index is 1800. The second-order valence-electron chi connectivity index (χ2n) is 9.95. The van der Waals surface area contributed by atoms with Gasteiger partial charge in [0, 0.05) is 23.7 Å². The highest BCUT2D eigenvalue weighted by Crippen LogP contribution is 2.44. The number of carbonyl (C=O) groups excluding carboxylic acids is 2. The van der Waals surface area contributed by atoms with Crippen LogP contribution in [0.25, 0.3) is 16.5 Å². The van der Waals surface area contributed by atoms with E-state index in [1.165, 1.54) is 51.3 Å². The molecule has 216 valence electrons. The molecule has 5 aromatic rings. The Labute approximate surface area is 257 Å². The maximum absolute atomic E-state index is 13.5. The van der Waals surface area contributed by atoms with Crippen molar-refractivity contribution in [1.82, 2.24) is 15.2 Å². The number of nitrogens with zero attached hydrogens (tertiary/aromatic N) is 4. The van der Waals surface area contributed by atoms with Crippen LogP contribution in [0, 0.1) is 0 Å². The Kier molecular flexibility index (Phi) is 8.48. The van der Waals surface area contributed by atoms with Crippen LogP contribution in [-0.4, -0.2) is 38.6 Å². The van der Waals surface area contributed by atoms with Crippen molar-refractivity contribution >= 4 is 56.5 Å². The second kappa shape index (κ2) is 12.8. The lowest BCUT2D eigenvalue weighted by Crippen LogP contribution is -2.29. The molecule has 1 atom stereocenters. The number of ketones is 1. The van der Waals surface area contributed by atoms with Gasteiger partial charge in [-0.2, -0.15) is 0 Å². The Morgan fingerprint density at radius 2 is 1.74 bits per heavy atom. The number of carbonyl (C=O) groups is 2. The average molecular weight is 609 g/mol. The molecule has 1 aliphatic rings. The third kappa shape index (κ3) is 5.89. The third-order valence-electron chi connectivity index (χ3n) is 7.19. The summed E-state index contributed by atoms with van der Waals surface area (Å²) in [5.74, 6) is -0.481. The number of pyridine rings is 1. The Morgan fingerprint density at radius 3 is 2.53 bits per heavy atom. The number of aromatic nitrogens is 3. The standard InChI is InChI=1S/C33H28N4O4S2/c1-2-3-19-41-25-13-11-22(12-14-25)28-27(29(38)23-15-17-34-18-16-23)30(39)31(40)37(28)32-35-36-33(43-32)42-20-24-9-6-8-21-7-4-5-10-26(21)24/h4-18,28,38H,2-3,19-20H2,1H3/b29-27+. The summed E-state index contributed by atoms with van der Waals surface area (Å²) in [5, 5.41) is 22.6. The average Bonchev–Trinajstić information content (AvgIpc) is 3.62. The molecular weight excluding hydrogens is 581 g/mol. The second-order valence-corrected chi connectivity index (χ2v) is 12.1. The molecule has 1 unspecified atom stereocenters. The van der Waals surface area contributed by atoms with Crippen LogP contribution in [0.2, 0.25) is 0 Å². The molecule has 6 rings (SSSR count). The number of thioether (sulfide) groups is 1. The van der Waals surface area contributed by atoms with E-state index in [0.29, 0.717) is 33.6 Å². The van der Waals surface area contributed by atoms with Crippen molar-refractivity contribution in [2.45, 2.75) is 35.9 Å². The van der Waals surface area contributed by atoms with Gasteiger partial charge in [-0.15, -0.1) is 10.2 Å². The molecule has 0 bridgehead atoms. The number of rotatable bonds is 10. The number of amides is 1. The lowest BCUT2D eigenvalue weighted by Gasteiger charge is -2.22. The summed E-state index contributed by atoms with van der Waals surface area (Å²) in [6, 6.07) is 23.9. The fraction of sp³-hybridized carbons (Fsp3) is 0.182. The normalized spacial score (nSPS) is 16.2. The zero-order chi connectivity index (χ0) is 29.8. The molecule has 1 saturated heterocycles. The van der Waals surface area contributed by atoms with E-state index in [1.54, 1.807) is 12.1 Å².